The highest BCUT2D eigenvalue weighted by molar-refractivity contribution is 5.75. The zero-order chi connectivity index (χ0) is 18.8. The van der Waals surface area contributed by atoms with Gasteiger partial charge in [-0.3, -0.25) is 20.2 Å². The molecule has 1 aromatic rings. The Labute approximate surface area is 148 Å². The van der Waals surface area contributed by atoms with E-state index in [1.165, 1.54) is 12.1 Å². The maximum atomic E-state index is 10.8. The van der Waals surface area contributed by atoms with Crippen LogP contribution in [0.3, 0.4) is 0 Å². The molecule has 26 heavy (non-hydrogen) atoms. The second-order valence-corrected chi connectivity index (χ2v) is 6.15. The van der Waals surface area contributed by atoms with Crippen molar-refractivity contribution in [2.75, 3.05) is 22.9 Å². The molecule has 1 aromatic carbocycles. The van der Waals surface area contributed by atoms with Gasteiger partial charge in [-0.15, -0.1) is 0 Å². The minimum Gasteiger partial charge on any atom is -0.506 e. The van der Waals surface area contributed by atoms with Crippen LogP contribution in [0.2, 0.25) is 0 Å². The Morgan fingerprint density at radius 2 is 1.23 bits per heavy atom. The van der Waals surface area contributed by atoms with Gasteiger partial charge in [-0.25, -0.2) is 0 Å². The molecule has 2 fully saturated rings. The molecule has 0 aromatic heterocycles. The van der Waals surface area contributed by atoms with Gasteiger partial charge in [0.1, 0.15) is 11.5 Å². The fourth-order valence-corrected chi connectivity index (χ4v) is 3.44. The number of aromatic hydroxyl groups is 2. The van der Waals surface area contributed by atoms with Crippen LogP contribution in [0.5, 0.6) is 11.5 Å². The third-order valence-corrected chi connectivity index (χ3v) is 4.48. The first-order valence-corrected chi connectivity index (χ1v) is 8.16. The van der Waals surface area contributed by atoms with Gasteiger partial charge in [0.15, 0.2) is 0 Å². The summed E-state index contributed by atoms with van der Waals surface area (Å²) in [6.45, 7) is 0.977. The number of phenols is 2. The number of benzene rings is 1. The Morgan fingerprint density at radius 1 is 0.846 bits per heavy atom. The van der Waals surface area contributed by atoms with E-state index in [0.717, 1.165) is 12.4 Å². The summed E-state index contributed by atoms with van der Waals surface area (Å²) in [6.07, 6.45) is 4.20. The van der Waals surface area contributed by atoms with Crippen molar-refractivity contribution in [2.45, 2.75) is 25.7 Å². The molecule has 0 saturated carbocycles. The molecule has 2 heterocycles. The van der Waals surface area contributed by atoms with Crippen molar-refractivity contribution in [3.63, 3.8) is 0 Å². The number of hydrogen-bond acceptors (Lipinski definition) is 8. The van der Waals surface area contributed by atoms with E-state index in [9.17, 15) is 30.4 Å². The number of rotatable bonds is 4. The Balaban J connectivity index is 1.97. The quantitative estimate of drug-likeness (QED) is 0.474. The summed E-state index contributed by atoms with van der Waals surface area (Å²) in [4.78, 5) is 23.6. The summed E-state index contributed by atoms with van der Waals surface area (Å²) in [5.41, 5.74) is 1.45. The number of allylic oxidation sites excluding steroid dienone is 2. The van der Waals surface area contributed by atoms with Gasteiger partial charge in [0.25, 0.3) is 12.4 Å². The molecule has 3 rings (SSSR count). The lowest BCUT2D eigenvalue weighted by molar-refractivity contribution is -0.403. The van der Waals surface area contributed by atoms with E-state index < -0.39 is 9.85 Å². The highest BCUT2D eigenvalue weighted by Gasteiger charge is 2.28. The number of anilines is 2. The van der Waals surface area contributed by atoms with Crippen molar-refractivity contribution in [1.82, 2.24) is 0 Å². The molecule has 0 bridgehead atoms. The van der Waals surface area contributed by atoms with Crippen LogP contribution in [-0.2, 0) is 0 Å². The predicted molar refractivity (Wildman–Crippen MR) is 93.1 cm³/mol. The highest BCUT2D eigenvalue weighted by atomic mass is 16.6. The highest BCUT2D eigenvalue weighted by Crippen LogP contribution is 2.44. The normalized spacial score (nSPS) is 20.3. The molecule has 2 aliphatic rings. The van der Waals surface area contributed by atoms with Crippen LogP contribution in [0.25, 0.3) is 0 Å². The molecule has 2 N–H and O–H groups in total. The average Bonchev–Trinajstić information content (AvgIpc) is 3.17. The zero-order valence-electron chi connectivity index (χ0n) is 13.9. The van der Waals surface area contributed by atoms with E-state index in [2.05, 4.69) is 0 Å². The summed E-state index contributed by atoms with van der Waals surface area (Å²) in [6, 6.07) is 2.68. The monoisotopic (exact) mass is 362 g/mol. The van der Waals surface area contributed by atoms with Gasteiger partial charge in [-0.2, -0.15) is 0 Å². The van der Waals surface area contributed by atoms with Gasteiger partial charge in [0, 0.05) is 25.2 Å². The van der Waals surface area contributed by atoms with E-state index in [4.69, 9.17) is 0 Å². The van der Waals surface area contributed by atoms with Crippen molar-refractivity contribution >= 4 is 11.4 Å². The molecule has 0 spiro atoms. The molecule has 0 unspecified atom stereocenters. The van der Waals surface area contributed by atoms with Gasteiger partial charge in [0.05, 0.1) is 32.6 Å². The Morgan fingerprint density at radius 3 is 1.58 bits per heavy atom. The predicted octanol–water partition coefficient (Wildman–Crippen LogP) is 2.53. The molecule has 2 aliphatic heterocycles. The lowest BCUT2D eigenvalue weighted by Gasteiger charge is -2.24. The molecule has 10 nitrogen and oxygen atoms in total. The van der Waals surface area contributed by atoms with E-state index in [1.807, 2.05) is 0 Å². The maximum Gasteiger partial charge on any atom is 0.253 e. The van der Waals surface area contributed by atoms with Gasteiger partial charge in [-0.1, -0.05) is 0 Å². The lowest BCUT2D eigenvalue weighted by atomic mass is 10.2. The summed E-state index contributed by atoms with van der Waals surface area (Å²) >= 11 is 0. The zero-order valence-corrected chi connectivity index (χ0v) is 13.9. The average molecular weight is 362 g/mol. The van der Waals surface area contributed by atoms with Crippen molar-refractivity contribution in [3.8, 4) is 11.5 Å². The van der Waals surface area contributed by atoms with Crippen molar-refractivity contribution in [2.24, 2.45) is 0 Å². The van der Waals surface area contributed by atoms with Crippen molar-refractivity contribution in [1.29, 1.82) is 0 Å². The smallest absolute Gasteiger partial charge is 0.253 e. The fraction of sp³-hybridized carbons (Fsp3) is 0.375. The van der Waals surface area contributed by atoms with Gasteiger partial charge in [0.2, 0.25) is 0 Å². The molecule has 138 valence electrons. The summed E-state index contributed by atoms with van der Waals surface area (Å²) in [7, 11) is 0. The second-order valence-electron chi connectivity index (χ2n) is 6.15. The SMILES string of the molecule is O=[N+]([O-])/C=C1/CCCN1c1cc(O)c(N2CCC/C2=C/[N+](=O)[O-])cc1O. The largest absolute Gasteiger partial charge is 0.506 e. The molecule has 0 atom stereocenters. The Kier molecular flexibility index (Phi) is 4.65. The summed E-state index contributed by atoms with van der Waals surface area (Å²) in [5.74, 6) is -0.303. The van der Waals surface area contributed by atoms with Gasteiger partial charge >= 0.3 is 0 Å². The van der Waals surface area contributed by atoms with E-state index in [0.29, 0.717) is 50.2 Å². The van der Waals surface area contributed by atoms with Crippen LogP contribution in [-0.4, -0.2) is 33.1 Å². The van der Waals surface area contributed by atoms with Crippen LogP contribution in [0.4, 0.5) is 11.4 Å². The topological polar surface area (TPSA) is 133 Å². The third-order valence-electron chi connectivity index (χ3n) is 4.48. The first-order chi connectivity index (χ1) is 12.4. The maximum absolute atomic E-state index is 10.8. The number of nitrogens with zero attached hydrogens (tertiary/aromatic N) is 4. The second kappa shape index (κ2) is 6.90. The molecule has 0 radical (unpaired) electrons. The van der Waals surface area contributed by atoms with Gasteiger partial charge < -0.3 is 20.0 Å². The number of phenolic OH excluding ortho intramolecular Hbond substituents is 2. The minimum absolute atomic E-state index is 0.152. The Bertz CT molecular complexity index is 751. The number of nitro groups is 2. The van der Waals surface area contributed by atoms with E-state index in [-0.39, 0.29) is 22.9 Å². The van der Waals surface area contributed by atoms with Crippen LogP contribution in [0.15, 0.2) is 35.9 Å². The van der Waals surface area contributed by atoms with E-state index >= 15 is 0 Å². The third kappa shape index (κ3) is 3.39. The Hall–Kier alpha value is -3.30. The summed E-state index contributed by atoms with van der Waals surface area (Å²) in [5, 5.41) is 42.4. The molecule has 2 saturated heterocycles. The van der Waals surface area contributed by atoms with E-state index in [1.54, 1.807) is 9.80 Å². The molecule has 0 amide bonds. The molecular formula is C16H18N4O6. The standard InChI is InChI=1S/C16H18N4O6/c21-15-8-14(18-6-2-4-12(18)10-20(25)26)16(22)7-13(15)17-5-1-3-11(17)9-19(23)24/h7-10,21-22H,1-6H2/b11-9-,12-10-. The number of hydrogen-bond donors (Lipinski definition) is 2. The van der Waals surface area contributed by atoms with Crippen LogP contribution in [0.1, 0.15) is 25.7 Å². The minimum atomic E-state index is -0.544. The van der Waals surface area contributed by atoms with Crippen molar-refractivity contribution < 1.29 is 20.1 Å². The van der Waals surface area contributed by atoms with Crippen LogP contribution >= 0.6 is 0 Å². The first kappa shape index (κ1) is 17.5. The molecule has 10 heteroatoms. The molecular weight excluding hydrogens is 344 g/mol. The van der Waals surface area contributed by atoms with Crippen LogP contribution in [0, 0.1) is 20.2 Å². The first-order valence-electron chi connectivity index (χ1n) is 8.16. The lowest BCUT2D eigenvalue weighted by Crippen LogP contribution is -2.19. The fourth-order valence-electron chi connectivity index (χ4n) is 3.44. The summed E-state index contributed by atoms with van der Waals surface area (Å²) < 4.78 is 0. The molecule has 0 aliphatic carbocycles. The van der Waals surface area contributed by atoms with Gasteiger partial charge in [-0.05, 0) is 25.7 Å². The van der Waals surface area contributed by atoms with Crippen molar-refractivity contribution in [3.05, 3.63) is 56.2 Å². The van der Waals surface area contributed by atoms with Crippen LogP contribution < -0.4 is 9.80 Å².